The molecule has 0 radical (unpaired) electrons. The van der Waals surface area contributed by atoms with E-state index >= 15 is 0 Å². The van der Waals surface area contributed by atoms with Crippen molar-refractivity contribution in [3.05, 3.63) is 227 Å². The Morgan fingerprint density at radius 2 is 1.00 bits per heavy atom. The third kappa shape index (κ3) is 7.00. The predicted molar refractivity (Wildman–Crippen MR) is 306 cm³/mol. The van der Waals surface area contributed by atoms with Crippen molar-refractivity contribution in [2.24, 2.45) is 5.41 Å². The zero-order valence-electron chi connectivity index (χ0n) is 43.3. The molecule has 12 rings (SSSR count). The summed E-state index contributed by atoms with van der Waals surface area (Å²) >= 11 is 0. The maximum atomic E-state index is 2.80. The van der Waals surface area contributed by atoms with Gasteiger partial charge in [0.15, 0.2) is 0 Å². The van der Waals surface area contributed by atoms with Crippen LogP contribution in [0.25, 0.3) is 44.2 Å². The van der Waals surface area contributed by atoms with Crippen molar-refractivity contribution in [3.63, 3.8) is 0 Å². The smallest absolute Gasteiger partial charge is 0.332 e. The van der Waals surface area contributed by atoms with E-state index in [4.69, 9.17) is 0 Å². The van der Waals surface area contributed by atoms with Crippen LogP contribution in [0.3, 0.4) is 0 Å². The Morgan fingerprint density at radius 1 is 0.465 bits per heavy atom. The van der Waals surface area contributed by atoms with Gasteiger partial charge >= 0.3 is 6.85 Å². The molecule has 2 aliphatic heterocycles. The van der Waals surface area contributed by atoms with E-state index in [9.17, 15) is 0 Å². The second kappa shape index (κ2) is 15.9. The van der Waals surface area contributed by atoms with Crippen LogP contribution >= 0.6 is 0 Å². The van der Waals surface area contributed by atoms with Gasteiger partial charge in [0.05, 0.1) is 11.0 Å². The van der Waals surface area contributed by atoms with Crippen LogP contribution in [0.4, 0.5) is 22.7 Å². The molecule has 1 aliphatic carbocycles. The highest BCUT2D eigenvalue weighted by Gasteiger charge is 2.53. The summed E-state index contributed by atoms with van der Waals surface area (Å²) in [6.07, 6.45) is 0. The van der Waals surface area contributed by atoms with Gasteiger partial charge in [-0.15, -0.1) is 0 Å². The van der Waals surface area contributed by atoms with Crippen LogP contribution in [0, 0.1) is 5.41 Å². The second-order valence-electron chi connectivity index (χ2n) is 23.9. The van der Waals surface area contributed by atoms with E-state index in [1.54, 1.807) is 0 Å². The summed E-state index contributed by atoms with van der Waals surface area (Å²) in [6, 6.07) is 71.1. The molecule has 3 aliphatic rings. The average Bonchev–Trinajstić information content (AvgIpc) is 3.82. The van der Waals surface area contributed by atoms with Crippen LogP contribution in [0.2, 0.25) is 0 Å². The van der Waals surface area contributed by atoms with Crippen LogP contribution in [-0.2, 0) is 16.2 Å². The molecule has 0 atom stereocenters. The molecule has 0 spiro atoms. The quantitative estimate of drug-likeness (QED) is 0.154. The van der Waals surface area contributed by atoms with Crippen molar-refractivity contribution in [1.82, 2.24) is 4.57 Å². The van der Waals surface area contributed by atoms with Gasteiger partial charge in [0, 0.05) is 55.9 Å². The minimum atomic E-state index is -0.404. The minimum Gasteiger partial charge on any atom is -0.379 e. The van der Waals surface area contributed by atoms with Crippen molar-refractivity contribution >= 4 is 79.0 Å². The fraction of sp³-hybridized carbons (Fsp3) is 0.224. The molecule has 8 aromatic carbocycles. The molecule has 0 amide bonds. The highest BCUT2D eigenvalue weighted by molar-refractivity contribution is 6.93. The Balaban J connectivity index is 1.25. The monoisotopic (exact) mass is 922 g/mol. The standard InChI is InChI=1S/C67H64BN3/c1-64(2,3)45-32-34-50(35-33-45)71-63-59(58(43-24-16-12-17-25-43)60(67(63,10)11)44-26-18-13-19-27-44)54-39-47(66(7,8)9)41-57-61(54)68(71)55-40-46(65(4,5)6)38-53-52-42-51(36-37-56(52)70(57)62(53)55)69(48-28-20-14-21-29-48)49-30-22-15-23-31-49/h12-42H,1-11H3. The number of anilines is 4. The van der Waals surface area contributed by atoms with Crippen molar-refractivity contribution in [1.29, 1.82) is 0 Å². The van der Waals surface area contributed by atoms with Gasteiger partial charge in [-0.25, -0.2) is 0 Å². The van der Waals surface area contributed by atoms with Gasteiger partial charge in [-0.3, -0.25) is 0 Å². The van der Waals surface area contributed by atoms with Crippen molar-refractivity contribution in [2.45, 2.75) is 92.4 Å². The largest absolute Gasteiger partial charge is 0.379 e. The molecule has 3 heterocycles. The Labute approximate surface area is 421 Å². The van der Waals surface area contributed by atoms with Crippen molar-refractivity contribution in [2.75, 3.05) is 9.71 Å². The van der Waals surface area contributed by atoms with Gasteiger partial charge < -0.3 is 14.3 Å². The number of benzene rings is 8. The van der Waals surface area contributed by atoms with E-state index in [-0.39, 0.29) is 23.1 Å². The maximum Gasteiger partial charge on any atom is 0.332 e. The fourth-order valence-electron chi connectivity index (χ4n) is 12.2. The van der Waals surface area contributed by atoms with E-state index in [0.29, 0.717) is 0 Å². The lowest BCUT2D eigenvalue weighted by molar-refractivity contribution is 0.588. The van der Waals surface area contributed by atoms with Gasteiger partial charge in [-0.2, -0.15) is 0 Å². The molecule has 1 aromatic heterocycles. The minimum absolute atomic E-state index is 0.0115. The molecule has 0 fully saturated rings. The Morgan fingerprint density at radius 3 is 1.56 bits per heavy atom. The molecule has 71 heavy (non-hydrogen) atoms. The molecule has 350 valence electrons. The van der Waals surface area contributed by atoms with Gasteiger partial charge in [0.25, 0.3) is 0 Å². The third-order valence-electron chi connectivity index (χ3n) is 15.7. The second-order valence-corrected chi connectivity index (χ2v) is 23.9. The number of fused-ring (bicyclic) bond motifs is 6. The third-order valence-corrected chi connectivity index (χ3v) is 15.7. The summed E-state index contributed by atoms with van der Waals surface area (Å²) in [5.41, 5.74) is 23.7. The zero-order chi connectivity index (χ0) is 49.4. The lowest BCUT2D eigenvalue weighted by Crippen LogP contribution is -2.63. The molecular formula is C67H64BN3. The Hall–Kier alpha value is -7.30. The number of nitrogens with zero attached hydrogens (tertiary/aromatic N) is 3. The summed E-state index contributed by atoms with van der Waals surface area (Å²) in [4.78, 5) is 5.20. The van der Waals surface area contributed by atoms with E-state index in [1.807, 2.05) is 0 Å². The summed E-state index contributed by atoms with van der Waals surface area (Å²) in [5, 5.41) is 2.55. The molecule has 3 nitrogen and oxygen atoms in total. The van der Waals surface area contributed by atoms with E-state index in [2.05, 4.69) is 278 Å². The lowest BCUT2D eigenvalue weighted by Gasteiger charge is -2.47. The number of hydrogen-bond acceptors (Lipinski definition) is 2. The SMILES string of the molecule is CC1(C)C(c2ccccc2)=C(c2ccccc2)C2=C1N(c1ccc(C(C)(C)C)cc1)B1c3c2cc(C(C)(C)C)cc3-n2c3ccc(N(c4ccccc4)c4ccccc4)cc3c3cc(C(C)(C)C)cc1c32. The highest BCUT2D eigenvalue weighted by atomic mass is 15.1. The van der Waals surface area contributed by atoms with Crippen LogP contribution < -0.4 is 20.6 Å². The predicted octanol–water partition coefficient (Wildman–Crippen LogP) is 16.4. The van der Waals surface area contributed by atoms with E-state index in [0.717, 1.165) is 17.1 Å². The molecule has 0 saturated heterocycles. The fourth-order valence-corrected chi connectivity index (χ4v) is 12.2. The molecule has 0 saturated carbocycles. The van der Waals surface area contributed by atoms with Crippen LogP contribution in [0.1, 0.15) is 110 Å². The van der Waals surface area contributed by atoms with Crippen LogP contribution in [-0.4, -0.2) is 11.4 Å². The maximum absolute atomic E-state index is 2.80. The first kappa shape index (κ1) is 44.9. The number of allylic oxidation sites excluding steroid dienone is 3. The first-order chi connectivity index (χ1) is 33.9. The molecule has 0 bridgehead atoms. The van der Waals surface area contributed by atoms with Crippen LogP contribution in [0.15, 0.2) is 194 Å². The van der Waals surface area contributed by atoms with Crippen LogP contribution in [0.5, 0.6) is 0 Å². The number of rotatable bonds is 6. The summed E-state index contributed by atoms with van der Waals surface area (Å²) in [5.74, 6) is 0. The zero-order valence-corrected chi connectivity index (χ0v) is 43.3. The molecule has 4 heteroatoms. The first-order valence-electron chi connectivity index (χ1n) is 25.6. The molecule has 0 unspecified atom stereocenters. The molecule has 0 N–H and O–H groups in total. The van der Waals surface area contributed by atoms with E-state index < -0.39 is 5.41 Å². The normalized spacial score (nSPS) is 15.2. The van der Waals surface area contributed by atoms with Gasteiger partial charge in [-0.05, 0) is 138 Å². The Bertz CT molecular complexity index is 3590. The Kier molecular flexibility index (Phi) is 10.0. The molecular weight excluding hydrogens is 858 g/mol. The first-order valence-corrected chi connectivity index (χ1v) is 25.6. The lowest BCUT2D eigenvalue weighted by atomic mass is 9.43. The summed E-state index contributed by atoms with van der Waals surface area (Å²) in [6.45, 7) is 26.1. The summed E-state index contributed by atoms with van der Waals surface area (Å²) in [7, 11) is 0. The number of para-hydroxylation sites is 2. The van der Waals surface area contributed by atoms with Gasteiger partial charge in [0.1, 0.15) is 0 Å². The molecule has 9 aromatic rings. The van der Waals surface area contributed by atoms with Crippen molar-refractivity contribution < 1.29 is 0 Å². The highest BCUT2D eigenvalue weighted by Crippen LogP contribution is 2.61. The number of hydrogen-bond donors (Lipinski definition) is 0. The summed E-state index contributed by atoms with van der Waals surface area (Å²) < 4.78 is 2.66. The van der Waals surface area contributed by atoms with Crippen molar-refractivity contribution in [3.8, 4) is 5.69 Å². The van der Waals surface area contributed by atoms with Gasteiger partial charge in [-0.1, -0.05) is 197 Å². The number of aromatic nitrogens is 1. The van der Waals surface area contributed by atoms with Gasteiger partial charge in [0.2, 0.25) is 0 Å². The van der Waals surface area contributed by atoms with E-state index in [1.165, 1.54) is 99.9 Å². The topological polar surface area (TPSA) is 11.4 Å². The average molecular weight is 922 g/mol.